The van der Waals surface area contributed by atoms with Crippen molar-refractivity contribution >= 4 is 26.9 Å². The van der Waals surface area contributed by atoms with Gasteiger partial charge < -0.3 is 14.8 Å². The summed E-state index contributed by atoms with van der Waals surface area (Å²) in [7, 11) is -3.85. The van der Waals surface area contributed by atoms with Gasteiger partial charge >= 0.3 is 5.97 Å². The zero-order valence-corrected chi connectivity index (χ0v) is 19.2. The Balaban J connectivity index is 2.22. The van der Waals surface area contributed by atoms with Gasteiger partial charge in [0.2, 0.25) is 10.0 Å². The zero-order valence-electron chi connectivity index (χ0n) is 18.4. The minimum atomic E-state index is -3.85. The van der Waals surface area contributed by atoms with Gasteiger partial charge in [0.1, 0.15) is 11.6 Å². The van der Waals surface area contributed by atoms with Gasteiger partial charge in [0.05, 0.1) is 33.0 Å². The smallest absolute Gasteiger partial charge is 0.335 e. The topological polar surface area (TPSA) is 138 Å². The maximum Gasteiger partial charge on any atom is 0.335 e. The zero-order chi connectivity index (χ0) is 23.8. The fourth-order valence-electron chi connectivity index (χ4n) is 3.08. The van der Waals surface area contributed by atoms with Gasteiger partial charge in [0.15, 0.2) is 0 Å². The highest BCUT2D eigenvalue weighted by Crippen LogP contribution is 2.31. The van der Waals surface area contributed by atoms with Gasteiger partial charge in [-0.2, -0.15) is 0 Å². The highest BCUT2D eigenvalue weighted by Gasteiger charge is 2.24. The molecule has 0 aliphatic carbocycles. The largest absolute Gasteiger partial charge is 0.490 e. The Morgan fingerprint density at radius 1 is 1.16 bits per heavy atom. The molecule has 0 unspecified atom stereocenters. The van der Waals surface area contributed by atoms with E-state index in [9.17, 15) is 18.0 Å². The number of hydrogen-bond donors (Lipinski definition) is 3. The summed E-state index contributed by atoms with van der Waals surface area (Å²) in [4.78, 5) is 30.9. The number of ether oxygens (including phenoxy) is 1. The van der Waals surface area contributed by atoms with Crippen LogP contribution in [0.25, 0.3) is 22.3 Å². The summed E-state index contributed by atoms with van der Waals surface area (Å²) in [5.74, 6) is -0.708. The third kappa shape index (κ3) is 5.14. The fraction of sp³-hybridized carbons (Fsp3) is 0.318. The lowest BCUT2D eigenvalue weighted by atomic mass is 10.1. The van der Waals surface area contributed by atoms with E-state index in [0.717, 1.165) is 0 Å². The number of fused-ring (bicyclic) bond motifs is 1. The fourth-order valence-corrected chi connectivity index (χ4v) is 4.52. The van der Waals surface area contributed by atoms with Gasteiger partial charge in [-0.25, -0.2) is 22.9 Å². The van der Waals surface area contributed by atoms with Crippen molar-refractivity contribution < 1.29 is 23.1 Å². The molecule has 9 nitrogen and oxygen atoms in total. The second-order valence-electron chi connectivity index (χ2n) is 8.63. The first kappa shape index (κ1) is 23.4. The van der Waals surface area contributed by atoms with Crippen LogP contribution in [0.4, 0.5) is 0 Å². The number of sulfonamides is 1. The standard InChI is InChI=1S/C22H25N3O6S/c1-12(2)31-18-9-7-14(32(29,30)25-22(3,4)5)11-16(18)19-23-17-8-6-13(21(27)28)10-15(17)20(26)24-19/h6-12,25H,1-5H3,(H,27,28)(H,23,24,26). The Bertz CT molecular complexity index is 1350. The predicted molar refractivity (Wildman–Crippen MR) is 121 cm³/mol. The molecule has 0 aliphatic rings. The number of carboxylic acid groups (broad SMARTS) is 1. The third-order valence-corrected chi connectivity index (χ3v) is 6.03. The van der Waals surface area contributed by atoms with Crippen molar-refractivity contribution in [2.45, 2.75) is 51.2 Å². The minimum absolute atomic E-state index is 0.0116. The van der Waals surface area contributed by atoms with Crippen LogP contribution in [0, 0.1) is 0 Å². The van der Waals surface area contributed by atoms with E-state index >= 15 is 0 Å². The van der Waals surface area contributed by atoms with E-state index in [1.165, 1.54) is 36.4 Å². The Kier molecular flexibility index (Phi) is 6.12. The Morgan fingerprint density at radius 3 is 2.44 bits per heavy atom. The van der Waals surface area contributed by atoms with E-state index in [0.29, 0.717) is 5.75 Å². The molecule has 3 N–H and O–H groups in total. The van der Waals surface area contributed by atoms with Gasteiger partial charge in [-0.3, -0.25) is 4.79 Å². The number of hydrogen-bond acceptors (Lipinski definition) is 6. The number of nitrogens with one attached hydrogen (secondary N) is 2. The number of aromatic carboxylic acids is 1. The van der Waals surface area contributed by atoms with Crippen molar-refractivity contribution in [3.8, 4) is 17.1 Å². The van der Waals surface area contributed by atoms with Crippen molar-refractivity contribution in [2.24, 2.45) is 0 Å². The molecule has 1 heterocycles. The Hall–Kier alpha value is -3.24. The van der Waals surface area contributed by atoms with Crippen molar-refractivity contribution in [3.63, 3.8) is 0 Å². The molecule has 0 aliphatic heterocycles. The van der Waals surface area contributed by atoms with Gasteiger partial charge in [-0.15, -0.1) is 0 Å². The summed E-state index contributed by atoms with van der Waals surface area (Å²) in [6.07, 6.45) is -0.214. The number of aromatic amines is 1. The van der Waals surface area contributed by atoms with Crippen LogP contribution in [-0.4, -0.2) is 41.1 Å². The summed E-state index contributed by atoms with van der Waals surface area (Å²) >= 11 is 0. The normalized spacial score (nSPS) is 12.3. The van der Waals surface area contributed by atoms with Crippen LogP contribution in [0.2, 0.25) is 0 Å². The van der Waals surface area contributed by atoms with Crippen LogP contribution in [0.3, 0.4) is 0 Å². The molecule has 32 heavy (non-hydrogen) atoms. The van der Waals surface area contributed by atoms with Crippen LogP contribution in [-0.2, 0) is 10.0 Å². The van der Waals surface area contributed by atoms with E-state index in [-0.39, 0.29) is 38.9 Å². The van der Waals surface area contributed by atoms with Crippen LogP contribution >= 0.6 is 0 Å². The maximum atomic E-state index is 12.8. The summed E-state index contributed by atoms with van der Waals surface area (Å²) in [5.41, 5.74) is -0.724. The van der Waals surface area contributed by atoms with Crippen molar-refractivity contribution in [3.05, 3.63) is 52.3 Å². The lowest BCUT2D eigenvalue weighted by molar-refractivity contribution is 0.0697. The Labute approximate surface area is 185 Å². The highest BCUT2D eigenvalue weighted by molar-refractivity contribution is 7.89. The number of carbonyl (C=O) groups is 1. The van der Waals surface area contributed by atoms with Crippen molar-refractivity contribution in [2.75, 3.05) is 0 Å². The molecule has 3 aromatic rings. The lowest BCUT2D eigenvalue weighted by Crippen LogP contribution is -2.40. The second kappa shape index (κ2) is 8.36. The third-order valence-electron chi connectivity index (χ3n) is 4.27. The lowest BCUT2D eigenvalue weighted by Gasteiger charge is -2.21. The molecular weight excluding hydrogens is 434 g/mol. The number of rotatable bonds is 6. The molecule has 0 radical (unpaired) electrons. The molecule has 0 bridgehead atoms. The molecule has 0 fully saturated rings. The predicted octanol–water partition coefficient (Wildman–Crippen LogP) is 3.15. The quantitative estimate of drug-likeness (QED) is 0.515. The van der Waals surface area contributed by atoms with Crippen LogP contribution in [0.15, 0.2) is 46.1 Å². The summed E-state index contributed by atoms with van der Waals surface area (Å²) < 4.78 is 34.1. The number of H-pyrrole nitrogens is 1. The van der Waals surface area contributed by atoms with E-state index in [2.05, 4.69) is 14.7 Å². The highest BCUT2D eigenvalue weighted by atomic mass is 32.2. The second-order valence-corrected chi connectivity index (χ2v) is 10.3. The minimum Gasteiger partial charge on any atom is -0.490 e. The van der Waals surface area contributed by atoms with Crippen molar-refractivity contribution in [1.29, 1.82) is 0 Å². The average Bonchev–Trinajstić information content (AvgIpc) is 2.65. The van der Waals surface area contributed by atoms with Crippen LogP contribution in [0.1, 0.15) is 45.0 Å². The number of carboxylic acids is 1. The first-order chi connectivity index (χ1) is 14.8. The summed E-state index contributed by atoms with van der Waals surface area (Å²) in [6, 6.07) is 8.36. The summed E-state index contributed by atoms with van der Waals surface area (Å²) in [5, 5.41) is 9.27. The van der Waals surface area contributed by atoms with Gasteiger partial charge in [-0.1, -0.05) is 0 Å². The van der Waals surface area contributed by atoms with Crippen molar-refractivity contribution in [1.82, 2.24) is 14.7 Å². The van der Waals surface area contributed by atoms with Crippen LogP contribution in [0.5, 0.6) is 5.75 Å². The number of benzene rings is 2. The van der Waals surface area contributed by atoms with Gasteiger partial charge in [0, 0.05) is 5.54 Å². The molecular formula is C22H25N3O6S. The first-order valence-electron chi connectivity index (χ1n) is 9.89. The molecule has 1 aromatic heterocycles. The van der Waals surface area contributed by atoms with E-state index < -0.39 is 27.1 Å². The Morgan fingerprint density at radius 2 is 1.84 bits per heavy atom. The first-order valence-corrected chi connectivity index (χ1v) is 11.4. The monoisotopic (exact) mass is 459 g/mol. The molecule has 0 saturated carbocycles. The SMILES string of the molecule is CC(C)Oc1ccc(S(=O)(=O)NC(C)(C)C)cc1-c1nc2ccc(C(=O)O)cc2c(=O)[nH]1. The molecule has 2 aromatic carbocycles. The van der Waals surface area contributed by atoms with Crippen LogP contribution < -0.4 is 15.0 Å². The number of nitrogens with zero attached hydrogens (tertiary/aromatic N) is 1. The molecule has 0 atom stereocenters. The molecule has 0 spiro atoms. The van der Waals surface area contributed by atoms with E-state index in [1.54, 1.807) is 20.8 Å². The molecule has 10 heteroatoms. The van der Waals surface area contributed by atoms with Gasteiger partial charge in [-0.05, 0) is 71.0 Å². The molecule has 0 amide bonds. The van der Waals surface area contributed by atoms with Gasteiger partial charge in [0.25, 0.3) is 5.56 Å². The average molecular weight is 460 g/mol. The molecule has 0 saturated heterocycles. The summed E-state index contributed by atoms with van der Waals surface area (Å²) in [6.45, 7) is 8.83. The molecule has 170 valence electrons. The maximum absolute atomic E-state index is 12.8. The number of aromatic nitrogens is 2. The molecule has 3 rings (SSSR count). The van der Waals surface area contributed by atoms with E-state index in [1.807, 2.05) is 13.8 Å². The van der Waals surface area contributed by atoms with E-state index in [4.69, 9.17) is 9.84 Å².